The standard InChI is InChI=1S/C13H21N5O2/c1-9(2)16-13(19)11-8-20-6-5-18(11)12-10(7-14)3-4-15-17-12/h3-4,9,11H,5-8,14H2,1-2H3,(H,16,19). The summed E-state index contributed by atoms with van der Waals surface area (Å²) < 4.78 is 5.43. The normalized spacial score (nSPS) is 19.2. The molecule has 1 saturated heterocycles. The number of anilines is 1. The van der Waals surface area contributed by atoms with E-state index >= 15 is 0 Å². The molecule has 20 heavy (non-hydrogen) atoms. The average Bonchev–Trinajstić information content (AvgIpc) is 2.46. The lowest BCUT2D eigenvalue weighted by atomic mass is 10.1. The van der Waals surface area contributed by atoms with E-state index in [9.17, 15) is 4.79 Å². The zero-order chi connectivity index (χ0) is 14.5. The zero-order valence-electron chi connectivity index (χ0n) is 11.9. The fourth-order valence-corrected chi connectivity index (χ4v) is 2.21. The first-order valence-electron chi connectivity index (χ1n) is 6.79. The van der Waals surface area contributed by atoms with Crippen molar-refractivity contribution in [3.8, 4) is 0 Å². The number of rotatable bonds is 4. The van der Waals surface area contributed by atoms with Gasteiger partial charge in [-0.05, 0) is 19.9 Å². The van der Waals surface area contributed by atoms with Crippen LogP contribution in [-0.4, -0.2) is 47.9 Å². The highest BCUT2D eigenvalue weighted by Gasteiger charge is 2.31. The lowest BCUT2D eigenvalue weighted by Crippen LogP contribution is -2.55. The molecule has 0 spiro atoms. The van der Waals surface area contributed by atoms with Crippen LogP contribution in [0.5, 0.6) is 0 Å². The van der Waals surface area contributed by atoms with Crippen molar-refractivity contribution in [2.45, 2.75) is 32.5 Å². The molecule has 2 rings (SSSR count). The van der Waals surface area contributed by atoms with Crippen LogP contribution in [0.2, 0.25) is 0 Å². The van der Waals surface area contributed by atoms with E-state index in [-0.39, 0.29) is 11.9 Å². The number of hydrogen-bond donors (Lipinski definition) is 2. The van der Waals surface area contributed by atoms with E-state index in [0.29, 0.717) is 32.1 Å². The lowest BCUT2D eigenvalue weighted by Gasteiger charge is -2.36. The minimum atomic E-state index is -0.395. The molecule has 0 aromatic carbocycles. The first-order valence-corrected chi connectivity index (χ1v) is 6.79. The topological polar surface area (TPSA) is 93.4 Å². The SMILES string of the molecule is CC(C)NC(=O)C1COCCN1c1nnccc1CN. The van der Waals surface area contributed by atoms with Crippen molar-refractivity contribution in [1.29, 1.82) is 0 Å². The van der Waals surface area contributed by atoms with E-state index in [2.05, 4.69) is 15.5 Å². The van der Waals surface area contributed by atoms with Crippen LogP contribution in [-0.2, 0) is 16.1 Å². The van der Waals surface area contributed by atoms with Crippen LogP contribution < -0.4 is 16.0 Å². The van der Waals surface area contributed by atoms with E-state index in [4.69, 9.17) is 10.5 Å². The molecule has 7 heteroatoms. The van der Waals surface area contributed by atoms with Gasteiger partial charge in [0.25, 0.3) is 0 Å². The Hall–Kier alpha value is -1.73. The third kappa shape index (κ3) is 3.23. The third-order valence-electron chi connectivity index (χ3n) is 3.14. The minimum absolute atomic E-state index is 0.0617. The first-order chi connectivity index (χ1) is 9.63. The van der Waals surface area contributed by atoms with Crippen LogP contribution in [0.1, 0.15) is 19.4 Å². The van der Waals surface area contributed by atoms with Crippen molar-refractivity contribution in [3.63, 3.8) is 0 Å². The Bertz CT molecular complexity index is 466. The molecule has 110 valence electrons. The smallest absolute Gasteiger partial charge is 0.245 e. The maximum absolute atomic E-state index is 12.3. The zero-order valence-corrected chi connectivity index (χ0v) is 11.9. The highest BCUT2D eigenvalue weighted by Crippen LogP contribution is 2.21. The van der Waals surface area contributed by atoms with Gasteiger partial charge < -0.3 is 20.7 Å². The lowest BCUT2D eigenvalue weighted by molar-refractivity contribution is -0.125. The summed E-state index contributed by atoms with van der Waals surface area (Å²) in [7, 11) is 0. The van der Waals surface area contributed by atoms with Crippen molar-refractivity contribution >= 4 is 11.7 Å². The number of carbonyl (C=O) groups excluding carboxylic acids is 1. The van der Waals surface area contributed by atoms with Crippen molar-refractivity contribution in [3.05, 3.63) is 17.8 Å². The fourth-order valence-electron chi connectivity index (χ4n) is 2.21. The van der Waals surface area contributed by atoms with E-state index in [1.807, 2.05) is 24.8 Å². The summed E-state index contributed by atoms with van der Waals surface area (Å²) in [5, 5.41) is 11.0. The Balaban J connectivity index is 2.24. The summed E-state index contributed by atoms with van der Waals surface area (Å²) in [6.45, 7) is 5.73. The van der Waals surface area contributed by atoms with Gasteiger partial charge in [0.05, 0.1) is 19.4 Å². The quantitative estimate of drug-likeness (QED) is 0.783. The van der Waals surface area contributed by atoms with Gasteiger partial charge in [0.1, 0.15) is 6.04 Å². The molecule has 7 nitrogen and oxygen atoms in total. The first kappa shape index (κ1) is 14.7. The number of morpholine rings is 1. The highest BCUT2D eigenvalue weighted by atomic mass is 16.5. The molecule has 1 fully saturated rings. The molecule has 0 saturated carbocycles. The maximum Gasteiger partial charge on any atom is 0.245 e. The number of hydrogen-bond acceptors (Lipinski definition) is 6. The largest absolute Gasteiger partial charge is 0.377 e. The van der Waals surface area contributed by atoms with Gasteiger partial charge >= 0.3 is 0 Å². The van der Waals surface area contributed by atoms with Crippen molar-refractivity contribution in [2.24, 2.45) is 5.73 Å². The summed E-state index contributed by atoms with van der Waals surface area (Å²) >= 11 is 0. The molecule has 1 aromatic heterocycles. The molecule has 3 N–H and O–H groups in total. The Labute approximate surface area is 118 Å². The number of amides is 1. The van der Waals surface area contributed by atoms with E-state index in [1.54, 1.807) is 6.20 Å². The summed E-state index contributed by atoms with van der Waals surface area (Å²) in [6.07, 6.45) is 1.61. The van der Waals surface area contributed by atoms with Gasteiger partial charge in [0, 0.05) is 24.7 Å². The minimum Gasteiger partial charge on any atom is -0.377 e. The second-order valence-electron chi connectivity index (χ2n) is 5.03. The van der Waals surface area contributed by atoms with Gasteiger partial charge in [-0.1, -0.05) is 0 Å². The molecular formula is C13H21N5O2. The fraction of sp³-hybridized carbons (Fsp3) is 0.615. The molecule has 1 unspecified atom stereocenters. The molecule has 2 heterocycles. The summed E-state index contributed by atoms with van der Waals surface area (Å²) in [6, 6.07) is 1.52. The van der Waals surface area contributed by atoms with Crippen LogP contribution in [0.25, 0.3) is 0 Å². The molecule has 1 aliphatic heterocycles. The van der Waals surface area contributed by atoms with Gasteiger partial charge in [-0.15, -0.1) is 5.10 Å². The molecule has 1 amide bonds. The Morgan fingerprint density at radius 1 is 1.65 bits per heavy atom. The summed E-state index contributed by atoms with van der Waals surface area (Å²) in [5.41, 5.74) is 6.61. The van der Waals surface area contributed by atoms with E-state index < -0.39 is 6.04 Å². The molecule has 1 aromatic rings. The Morgan fingerprint density at radius 3 is 3.15 bits per heavy atom. The monoisotopic (exact) mass is 279 g/mol. The molecule has 0 aliphatic carbocycles. The molecule has 1 aliphatic rings. The number of ether oxygens (including phenoxy) is 1. The number of nitrogens with zero attached hydrogens (tertiary/aromatic N) is 3. The van der Waals surface area contributed by atoms with Gasteiger partial charge in [-0.2, -0.15) is 5.10 Å². The number of nitrogens with two attached hydrogens (primary N) is 1. The van der Waals surface area contributed by atoms with Crippen molar-refractivity contribution < 1.29 is 9.53 Å². The van der Waals surface area contributed by atoms with Crippen LogP contribution in [0, 0.1) is 0 Å². The van der Waals surface area contributed by atoms with E-state index in [0.717, 1.165) is 5.56 Å². The third-order valence-corrected chi connectivity index (χ3v) is 3.14. The maximum atomic E-state index is 12.3. The highest BCUT2D eigenvalue weighted by molar-refractivity contribution is 5.85. The number of nitrogens with one attached hydrogen (secondary N) is 1. The second kappa shape index (κ2) is 6.62. The number of aromatic nitrogens is 2. The van der Waals surface area contributed by atoms with Crippen LogP contribution >= 0.6 is 0 Å². The van der Waals surface area contributed by atoms with Gasteiger partial charge in [0.15, 0.2) is 5.82 Å². The van der Waals surface area contributed by atoms with Gasteiger partial charge in [-0.25, -0.2) is 0 Å². The summed E-state index contributed by atoms with van der Waals surface area (Å²) in [5.74, 6) is 0.607. The van der Waals surface area contributed by atoms with Gasteiger partial charge in [0.2, 0.25) is 5.91 Å². The average molecular weight is 279 g/mol. The van der Waals surface area contributed by atoms with Crippen molar-refractivity contribution in [2.75, 3.05) is 24.7 Å². The predicted molar refractivity (Wildman–Crippen MR) is 75.2 cm³/mol. The van der Waals surface area contributed by atoms with E-state index in [1.165, 1.54) is 0 Å². The van der Waals surface area contributed by atoms with Crippen molar-refractivity contribution in [1.82, 2.24) is 15.5 Å². The predicted octanol–water partition coefficient (Wildman–Crippen LogP) is -0.335. The van der Waals surface area contributed by atoms with Crippen LogP contribution in [0.4, 0.5) is 5.82 Å². The molecule has 0 radical (unpaired) electrons. The van der Waals surface area contributed by atoms with Crippen LogP contribution in [0.3, 0.4) is 0 Å². The molecule has 1 atom stereocenters. The number of carbonyl (C=O) groups is 1. The van der Waals surface area contributed by atoms with Gasteiger partial charge in [-0.3, -0.25) is 4.79 Å². The molecule has 0 bridgehead atoms. The Kier molecular flexibility index (Phi) is 4.86. The Morgan fingerprint density at radius 2 is 2.45 bits per heavy atom. The molecular weight excluding hydrogens is 258 g/mol. The second-order valence-corrected chi connectivity index (χ2v) is 5.03. The summed E-state index contributed by atoms with van der Waals surface area (Å²) in [4.78, 5) is 14.2. The van der Waals surface area contributed by atoms with Crippen LogP contribution in [0.15, 0.2) is 12.3 Å².